The maximum atomic E-state index is 12.4. The second-order valence-electron chi connectivity index (χ2n) is 7.21. The van der Waals surface area contributed by atoms with Crippen molar-refractivity contribution in [2.75, 3.05) is 12.3 Å². The van der Waals surface area contributed by atoms with Crippen molar-refractivity contribution in [2.24, 2.45) is 0 Å². The molecular weight excluding hydrogens is 348 g/mol. The number of aryl methyl sites for hydroxylation is 1. The first-order valence-electron chi connectivity index (χ1n) is 9.19. The largest absolute Gasteiger partial charge is 0.487 e. The molecule has 1 aliphatic heterocycles. The summed E-state index contributed by atoms with van der Waals surface area (Å²) in [4.78, 5) is 6.62. The Morgan fingerprint density at radius 3 is 2.70 bits per heavy atom. The van der Waals surface area contributed by atoms with E-state index in [0.717, 1.165) is 36.1 Å². The fourth-order valence-electron chi connectivity index (χ4n) is 3.75. The average molecular weight is 371 g/mol. The summed E-state index contributed by atoms with van der Waals surface area (Å²) in [6, 6.07) is 7.93. The van der Waals surface area contributed by atoms with Crippen LogP contribution >= 0.6 is 0 Å². The van der Waals surface area contributed by atoms with E-state index in [-0.39, 0.29) is 6.04 Å². The second-order valence-corrected chi connectivity index (χ2v) is 7.21. The standard InChI is InChI=1S/C21H23F2N3O/c1-12-9-15(5-6-18(12)27-11-19(22)23)13(2)26-10-17-16(7-8-25-21(17)24)20(26)14-3-4-14/h5-9,13,19H,3-4,10-11H2,1-2H3,(H2,24,25). The molecule has 4 rings (SSSR count). The molecule has 0 amide bonds. The Kier molecular flexibility index (Phi) is 4.50. The Morgan fingerprint density at radius 1 is 1.26 bits per heavy atom. The number of hydrogen-bond donors (Lipinski definition) is 1. The number of ether oxygens (including phenoxy) is 1. The highest BCUT2D eigenvalue weighted by Crippen LogP contribution is 2.48. The van der Waals surface area contributed by atoms with Crippen LogP contribution in [0, 0.1) is 6.92 Å². The number of halogens is 2. The van der Waals surface area contributed by atoms with Gasteiger partial charge in [0.1, 0.15) is 18.2 Å². The van der Waals surface area contributed by atoms with Crippen molar-refractivity contribution in [1.82, 2.24) is 9.88 Å². The predicted octanol–water partition coefficient (Wildman–Crippen LogP) is 4.70. The van der Waals surface area contributed by atoms with Gasteiger partial charge >= 0.3 is 0 Å². The highest BCUT2D eigenvalue weighted by Gasteiger charge is 2.34. The van der Waals surface area contributed by atoms with Gasteiger partial charge in [-0.1, -0.05) is 12.1 Å². The first-order chi connectivity index (χ1) is 13.0. The molecule has 1 unspecified atom stereocenters. The number of allylic oxidation sites excluding steroid dienone is 1. The number of rotatable bonds is 5. The molecule has 2 aromatic rings. The van der Waals surface area contributed by atoms with Crippen LogP contribution in [0.15, 0.2) is 36.0 Å². The van der Waals surface area contributed by atoms with Gasteiger partial charge in [-0.15, -0.1) is 0 Å². The van der Waals surface area contributed by atoms with Crippen LogP contribution in [0.4, 0.5) is 14.6 Å². The number of aromatic nitrogens is 1. The molecule has 1 fully saturated rings. The highest BCUT2D eigenvalue weighted by atomic mass is 19.3. The zero-order valence-corrected chi connectivity index (χ0v) is 15.5. The molecule has 142 valence electrons. The summed E-state index contributed by atoms with van der Waals surface area (Å²) in [7, 11) is 0. The SMILES string of the molecule is Cc1cc(C(C)N2Cc3c(ccnc3N)C2=C2CC2)ccc1OCC(F)F. The molecule has 0 spiro atoms. The Morgan fingerprint density at radius 2 is 2.04 bits per heavy atom. The number of benzene rings is 1. The first-order valence-corrected chi connectivity index (χ1v) is 9.19. The van der Waals surface area contributed by atoms with Gasteiger partial charge in [0.15, 0.2) is 0 Å². The monoisotopic (exact) mass is 371 g/mol. The molecule has 0 bridgehead atoms. The van der Waals surface area contributed by atoms with Crippen molar-refractivity contribution >= 4 is 11.5 Å². The van der Waals surface area contributed by atoms with Gasteiger partial charge in [0.2, 0.25) is 0 Å². The van der Waals surface area contributed by atoms with Gasteiger partial charge in [0.25, 0.3) is 6.43 Å². The average Bonchev–Trinajstić information content (AvgIpc) is 3.40. The number of nitrogens with two attached hydrogens (primary N) is 1. The molecule has 1 saturated carbocycles. The topological polar surface area (TPSA) is 51.4 Å². The molecule has 6 heteroatoms. The quantitative estimate of drug-likeness (QED) is 0.828. The first kappa shape index (κ1) is 17.8. The van der Waals surface area contributed by atoms with E-state index in [1.165, 1.54) is 16.8 Å². The number of pyridine rings is 1. The molecule has 0 radical (unpaired) electrons. The normalized spacial score (nSPS) is 16.7. The van der Waals surface area contributed by atoms with Gasteiger partial charge in [-0.25, -0.2) is 13.8 Å². The predicted molar refractivity (Wildman–Crippen MR) is 101 cm³/mol. The Labute approximate surface area is 157 Å². The van der Waals surface area contributed by atoms with E-state index in [0.29, 0.717) is 11.6 Å². The maximum absolute atomic E-state index is 12.4. The van der Waals surface area contributed by atoms with E-state index in [1.54, 1.807) is 12.3 Å². The van der Waals surface area contributed by atoms with Crippen LogP contribution in [-0.4, -0.2) is 22.9 Å². The van der Waals surface area contributed by atoms with Crippen LogP contribution in [0.1, 0.15) is 48.1 Å². The molecule has 27 heavy (non-hydrogen) atoms. The van der Waals surface area contributed by atoms with Crippen molar-refractivity contribution in [3.8, 4) is 5.75 Å². The van der Waals surface area contributed by atoms with Crippen molar-refractivity contribution in [3.05, 3.63) is 58.3 Å². The fraction of sp³-hybridized carbons (Fsp3) is 0.381. The van der Waals surface area contributed by atoms with E-state index >= 15 is 0 Å². The van der Waals surface area contributed by atoms with Crippen LogP contribution in [0.3, 0.4) is 0 Å². The van der Waals surface area contributed by atoms with Gasteiger partial charge in [0.05, 0.1) is 6.04 Å². The lowest BCUT2D eigenvalue weighted by molar-refractivity contribution is 0.0815. The smallest absolute Gasteiger partial charge is 0.272 e. The third-order valence-electron chi connectivity index (χ3n) is 5.31. The van der Waals surface area contributed by atoms with Gasteiger partial charge in [0, 0.05) is 29.6 Å². The lowest BCUT2D eigenvalue weighted by atomic mass is 10.0. The summed E-state index contributed by atoms with van der Waals surface area (Å²) in [5.41, 5.74) is 13.1. The summed E-state index contributed by atoms with van der Waals surface area (Å²) in [5, 5.41) is 0. The van der Waals surface area contributed by atoms with Gasteiger partial charge in [-0.05, 0) is 55.5 Å². The summed E-state index contributed by atoms with van der Waals surface area (Å²) < 4.78 is 30.0. The third kappa shape index (κ3) is 3.36. The molecule has 1 atom stereocenters. The van der Waals surface area contributed by atoms with Gasteiger partial charge in [-0.2, -0.15) is 0 Å². The van der Waals surface area contributed by atoms with Crippen molar-refractivity contribution in [1.29, 1.82) is 0 Å². The molecule has 0 saturated heterocycles. The molecular formula is C21H23F2N3O. The van der Waals surface area contributed by atoms with E-state index in [9.17, 15) is 8.78 Å². The number of alkyl halides is 2. The van der Waals surface area contributed by atoms with E-state index in [2.05, 4.69) is 16.8 Å². The third-order valence-corrected chi connectivity index (χ3v) is 5.31. The maximum Gasteiger partial charge on any atom is 0.272 e. The number of anilines is 1. The molecule has 4 nitrogen and oxygen atoms in total. The lowest BCUT2D eigenvalue weighted by Gasteiger charge is -2.29. The van der Waals surface area contributed by atoms with Crippen LogP contribution in [0.2, 0.25) is 0 Å². The summed E-state index contributed by atoms with van der Waals surface area (Å²) >= 11 is 0. The minimum atomic E-state index is -2.47. The highest BCUT2D eigenvalue weighted by molar-refractivity contribution is 5.78. The zero-order valence-electron chi connectivity index (χ0n) is 15.5. The van der Waals surface area contributed by atoms with Crippen molar-refractivity contribution in [2.45, 2.75) is 45.7 Å². The van der Waals surface area contributed by atoms with E-state index in [1.807, 2.05) is 25.1 Å². The number of nitrogens with zero attached hydrogens (tertiary/aromatic N) is 2. The molecule has 1 aromatic heterocycles. The summed E-state index contributed by atoms with van der Waals surface area (Å²) in [5.74, 6) is 1.10. The van der Waals surface area contributed by atoms with Crippen molar-refractivity contribution in [3.63, 3.8) is 0 Å². The minimum absolute atomic E-state index is 0.128. The molecule has 1 aromatic carbocycles. The summed E-state index contributed by atoms with van der Waals surface area (Å²) in [6.45, 7) is 4.20. The summed E-state index contributed by atoms with van der Waals surface area (Å²) in [6.07, 6.45) is 1.54. The Bertz CT molecular complexity index is 904. The Balaban J connectivity index is 1.62. The van der Waals surface area contributed by atoms with Gasteiger partial charge < -0.3 is 15.4 Å². The minimum Gasteiger partial charge on any atom is -0.487 e. The fourth-order valence-corrected chi connectivity index (χ4v) is 3.75. The molecule has 2 aliphatic rings. The Hall–Kier alpha value is -2.63. The van der Waals surface area contributed by atoms with Crippen LogP contribution in [0.25, 0.3) is 5.70 Å². The van der Waals surface area contributed by atoms with Crippen LogP contribution < -0.4 is 10.5 Å². The van der Waals surface area contributed by atoms with E-state index in [4.69, 9.17) is 10.5 Å². The number of fused-ring (bicyclic) bond motifs is 1. The molecule has 2 heterocycles. The molecule has 2 N–H and O–H groups in total. The van der Waals surface area contributed by atoms with E-state index < -0.39 is 13.0 Å². The van der Waals surface area contributed by atoms with Crippen molar-refractivity contribution < 1.29 is 13.5 Å². The van der Waals surface area contributed by atoms with Gasteiger partial charge in [-0.3, -0.25) is 0 Å². The number of nitrogen functional groups attached to an aromatic ring is 1. The zero-order chi connectivity index (χ0) is 19.1. The van der Waals surface area contributed by atoms with Crippen LogP contribution in [-0.2, 0) is 6.54 Å². The second kappa shape index (κ2) is 6.83. The number of hydrogen-bond acceptors (Lipinski definition) is 4. The molecule has 1 aliphatic carbocycles. The lowest BCUT2D eigenvalue weighted by Crippen LogP contribution is -2.20. The van der Waals surface area contributed by atoms with Crippen LogP contribution in [0.5, 0.6) is 5.75 Å².